The van der Waals surface area contributed by atoms with Crippen LogP contribution >= 0.6 is 0 Å². The van der Waals surface area contributed by atoms with Gasteiger partial charge in [0.05, 0.1) is 20.8 Å². The predicted molar refractivity (Wildman–Crippen MR) is 80.6 cm³/mol. The molecule has 0 N–H and O–H groups in total. The molecule has 1 aliphatic rings. The quantitative estimate of drug-likeness (QED) is 0.632. The Labute approximate surface area is 130 Å². The van der Waals surface area contributed by atoms with Crippen LogP contribution in [0.1, 0.15) is 31.7 Å². The summed E-state index contributed by atoms with van der Waals surface area (Å²) in [6.07, 6.45) is 0.760. The van der Waals surface area contributed by atoms with Crippen molar-refractivity contribution < 1.29 is 23.8 Å². The first-order chi connectivity index (χ1) is 10.5. The molecule has 0 aliphatic carbocycles. The Morgan fingerprint density at radius 3 is 2.41 bits per heavy atom. The number of para-hydroxylation sites is 1. The molecule has 0 saturated carbocycles. The zero-order valence-corrected chi connectivity index (χ0v) is 13.4. The summed E-state index contributed by atoms with van der Waals surface area (Å²) in [6, 6.07) is 7.49. The average molecular weight is 306 g/mol. The highest BCUT2D eigenvalue weighted by Gasteiger charge is 2.50. The van der Waals surface area contributed by atoms with Crippen LogP contribution in [0.15, 0.2) is 24.3 Å². The van der Waals surface area contributed by atoms with Crippen LogP contribution in [0.2, 0.25) is 0 Å². The molecule has 5 heteroatoms. The smallest absolute Gasteiger partial charge is 0.320 e. The largest absolute Gasteiger partial charge is 0.493 e. The van der Waals surface area contributed by atoms with Crippen LogP contribution < -0.4 is 4.74 Å². The number of esters is 2. The number of fused-ring (bicyclic) bond motifs is 1. The molecule has 1 aromatic carbocycles. The summed E-state index contributed by atoms with van der Waals surface area (Å²) in [5.74, 6) is -1.79. The second-order valence-corrected chi connectivity index (χ2v) is 5.84. The van der Waals surface area contributed by atoms with E-state index in [0.717, 1.165) is 12.0 Å². The molecule has 1 aliphatic heterocycles. The van der Waals surface area contributed by atoms with E-state index in [-0.39, 0.29) is 11.3 Å². The van der Waals surface area contributed by atoms with E-state index in [9.17, 15) is 9.59 Å². The zero-order valence-electron chi connectivity index (χ0n) is 13.4. The van der Waals surface area contributed by atoms with Gasteiger partial charge >= 0.3 is 11.9 Å². The van der Waals surface area contributed by atoms with E-state index in [1.807, 2.05) is 38.1 Å². The van der Waals surface area contributed by atoms with Gasteiger partial charge in [-0.25, -0.2) is 0 Å². The molecule has 1 aromatic rings. The highest BCUT2D eigenvalue weighted by atomic mass is 16.5. The van der Waals surface area contributed by atoms with Gasteiger partial charge in [0.25, 0.3) is 0 Å². The lowest BCUT2D eigenvalue weighted by molar-refractivity contribution is -0.162. The monoisotopic (exact) mass is 306 g/mol. The fourth-order valence-electron chi connectivity index (χ4n) is 3.10. The molecule has 0 fully saturated rings. The Bertz CT molecular complexity index is 552. The average Bonchev–Trinajstić information content (AvgIpc) is 2.56. The molecule has 0 bridgehead atoms. The molecule has 2 atom stereocenters. The van der Waals surface area contributed by atoms with Gasteiger partial charge < -0.3 is 14.2 Å². The van der Waals surface area contributed by atoms with E-state index in [1.165, 1.54) is 14.2 Å². The number of hydrogen-bond donors (Lipinski definition) is 0. The van der Waals surface area contributed by atoms with Crippen molar-refractivity contribution in [1.29, 1.82) is 0 Å². The Balaban J connectivity index is 2.59. The summed E-state index contributed by atoms with van der Waals surface area (Å²) in [6.45, 7) is 4.48. The van der Waals surface area contributed by atoms with Crippen molar-refractivity contribution in [1.82, 2.24) is 0 Å². The maximum Gasteiger partial charge on any atom is 0.320 e. The van der Waals surface area contributed by atoms with Crippen molar-refractivity contribution >= 4 is 11.9 Å². The minimum Gasteiger partial charge on any atom is -0.493 e. The summed E-state index contributed by atoms with van der Waals surface area (Å²) in [4.78, 5) is 24.5. The highest BCUT2D eigenvalue weighted by Crippen LogP contribution is 2.50. The number of ether oxygens (including phenoxy) is 3. The normalized spacial score (nSPS) is 23.4. The molecule has 120 valence electrons. The molecule has 5 nitrogen and oxygen atoms in total. The molecule has 1 heterocycles. The first-order valence-electron chi connectivity index (χ1n) is 7.36. The zero-order chi connectivity index (χ0) is 16.3. The number of carbonyl (C=O) groups is 2. The molecule has 0 spiro atoms. The number of rotatable bonds is 4. The number of carbonyl (C=O) groups excluding carboxylic acids is 2. The molecule has 0 radical (unpaired) electrons. The predicted octanol–water partition coefficient (Wildman–Crippen LogP) is 2.54. The fraction of sp³-hybridized carbons (Fsp3) is 0.529. The van der Waals surface area contributed by atoms with Gasteiger partial charge in [-0.1, -0.05) is 32.0 Å². The summed E-state index contributed by atoms with van der Waals surface area (Å²) < 4.78 is 15.6. The number of benzene rings is 1. The first-order valence-corrected chi connectivity index (χ1v) is 7.36. The van der Waals surface area contributed by atoms with Crippen molar-refractivity contribution in [3.63, 3.8) is 0 Å². The van der Waals surface area contributed by atoms with Gasteiger partial charge in [0.1, 0.15) is 5.75 Å². The topological polar surface area (TPSA) is 61.8 Å². The standard InChI is InChI=1S/C17H22O5/c1-5-17(2)10-22-12-9-7-6-8-11(12)14(17)13(15(18)20-3)16(19)21-4/h6-9,13-14H,5,10H2,1-4H3. The van der Waals surface area contributed by atoms with Gasteiger partial charge in [-0.3, -0.25) is 9.59 Å². The molecular weight excluding hydrogens is 284 g/mol. The molecule has 0 aromatic heterocycles. The molecule has 2 unspecified atom stereocenters. The van der Waals surface area contributed by atoms with E-state index in [4.69, 9.17) is 14.2 Å². The minimum absolute atomic E-state index is 0.345. The molecule has 22 heavy (non-hydrogen) atoms. The minimum atomic E-state index is -0.995. The number of methoxy groups -OCH3 is 2. The van der Waals surface area contributed by atoms with Crippen LogP contribution in [-0.4, -0.2) is 32.8 Å². The van der Waals surface area contributed by atoms with Crippen LogP contribution in [0.3, 0.4) is 0 Å². The second-order valence-electron chi connectivity index (χ2n) is 5.84. The van der Waals surface area contributed by atoms with Crippen LogP contribution in [0.25, 0.3) is 0 Å². The third-order valence-electron chi connectivity index (χ3n) is 4.61. The Morgan fingerprint density at radius 1 is 1.27 bits per heavy atom. The van der Waals surface area contributed by atoms with E-state index in [0.29, 0.717) is 12.4 Å². The Hall–Kier alpha value is -2.04. The summed E-state index contributed by atoms with van der Waals surface area (Å²) in [5.41, 5.74) is 0.486. The Morgan fingerprint density at radius 2 is 1.86 bits per heavy atom. The molecule has 0 amide bonds. The summed E-state index contributed by atoms with van der Waals surface area (Å²) >= 11 is 0. The summed E-state index contributed by atoms with van der Waals surface area (Å²) in [7, 11) is 2.57. The van der Waals surface area contributed by atoms with Gasteiger partial charge in [-0.2, -0.15) is 0 Å². The van der Waals surface area contributed by atoms with Crippen LogP contribution in [0.4, 0.5) is 0 Å². The highest BCUT2D eigenvalue weighted by molar-refractivity contribution is 5.96. The van der Waals surface area contributed by atoms with Crippen LogP contribution in [0, 0.1) is 11.3 Å². The van der Waals surface area contributed by atoms with E-state index in [1.54, 1.807) is 0 Å². The van der Waals surface area contributed by atoms with Gasteiger partial charge in [-0.15, -0.1) is 0 Å². The first kappa shape index (κ1) is 16.3. The van der Waals surface area contributed by atoms with Crippen molar-refractivity contribution in [2.75, 3.05) is 20.8 Å². The molecular formula is C17H22O5. The lowest BCUT2D eigenvalue weighted by Gasteiger charge is -2.43. The van der Waals surface area contributed by atoms with Crippen molar-refractivity contribution in [2.45, 2.75) is 26.2 Å². The molecule has 0 saturated heterocycles. The lowest BCUT2D eigenvalue weighted by atomic mass is 9.65. The maximum atomic E-state index is 12.3. The number of hydrogen-bond acceptors (Lipinski definition) is 5. The van der Waals surface area contributed by atoms with Gasteiger partial charge in [0.2, 0.25) is 0 Å². The lowest BCUT2D eigenvalue weighted by Crippen LogP contribution is -2.45. The van der Waals surface area contributed by atoms with E-state index in [2.05, 4.69) is 0 Å². The van der Waals surface area contributed by atoms with E-state index >= 15 is 0 Å². The van der Waals surface area contributed by atoms with Crippen molar-refractivity contribution in [2.24, 2.45) is 11.3 Å². The van der Waals surface area contributed by atoms with Crippen molar-refractivity contribution in [3.05, 3.63) is 29.8 Å². The third kappa shape index (κ3) is 2.67. The van der Waals surface area contributed by atoms with Crippen LogP contribution in [-0.2, 0) is 19.1 Å². The second kappa shape index (κ2) is 6.38. The SMILES string of the molecule is CCC1(C)COc2ccccc2C1C(C(=O)OC)C(=O)OC. The summed E-state index contributed by atoms with van der Waals surface area (Å²) in [5, 5.41) is 0. The maximum absolute atomic E-state index is 12.3. The Kier molecular flexibility index (Phi) is 4.74. The third-order valence-corrected chi connectivity index (χ3v) is 4.61. The van der Waals surface area contributed by atoms with Crippen molar-refractivity contribution in [3.8, 4) is 5.75 Å². The van der Waals surface area contributed by atoms with Gasteiger partial charge in [0.15, 0.2) is 5.92 Å². The van der Waals surface area contributed by atoms with Gasteiger partial charge in [-0.05, 0) is 18.1 Å². The fourth-order valence-corrected chi connectivity index (χ4v) is 3.10. The van der Waals surface area contributed by atoms with E-state index < -0.39 is 17.9 Å². The van der Waals surface area contributed by atoms with Gasteiger partial charge in [0, 0.05) is 11.3 Å². The molecule has 2 rings (SSSR count). The van der Waals surface area contributed by atoms with Crippen LogP contribution in [0.5, 0.6) is 5.75 Å².